The molecule has 0 fully saturated rings. The zero-order chi connectivity index (χ0) is 24.5. The molecule has 1 heterocycles. The van der Waals surface area contributed by atoms with Crippen molar-refractivity contribution in [3.05, 3.63) is 77.0 Å². The Kier molecular flexibility index (Phi) is 9.25. The van der Waals surface area contributed by atoms with Crippen molar-refractivity contribution < 1.29 is 19.4 Å². The molecule has 3 N–H and O–H groups in total. The summed E-state index contributed by atoms with van der Waals surface area (Å²) in [6.07, 6.45) is 1.65. The summed E-state index contributed by atoms with van der Waals surface area (Å²) >= 11 is 4.55. The third kappa shape index (κ3) is 6.69. The molecule has 1 atom stereocenters. The molecule has 0 spiro atoms. The maximum Gasteiger partial charge on any atom is 0.251 e. The highest BCUT2D eigenvalue weighted by molar-refractivity contribution is 9.10. The number of thioether (sulfide) groups is 1. The highest BCUT2D eigenvalue weighted by Gasteiger charge is 2.23. The number of rotatable bonds is 11. The van der Waals surface area contributed by atoms with Crippen LogP contribution >= 0.6 is 27.7 Å². The van der Waals surface area contributed by atoms with Gasteiger partial charge >= 0.3 is 0 Å². The summed E-state index contributed by atoms with van der Waals surface area (Å²) in [6.45, 7) is 3.71. The Morgan fingerprint density at radius 2 is 1.91 bits per heavy atom. The van der Waals surface area contributed by atoms with Crippen LogP contribution in [0.1, 0.15) is 22.2 Å². The van der Waals surface area contributed by atoms with Crippen LogP contribution in [0, 0.1) is 0 Å². The molecule has 0 unspecified atom stereocenters. The number of halogens is 1. The number of allylic oxidation sites excluding steroid dienone is 1. The number of amides is 2. The van der Waals surface area contributed by atoms with Crippen molar-refractivity contribution in [3.63, 3.8) is 0 Å². The lowest BCUT2D eigenvalue weighted by molar-refractivity contribution is -0.113. The number of aromatic nitrogens is 3. The van der Waals surface area contributed by atoms with Crippen molar-refractivity contribution in [1.29, 1.82) is 0 Å². The van der Waals surface area contributed by atoms with Crippen LogP contribution in [0.2, 0.25) is 0 Å². The largest absolute Gasteiger partial charge is 0.497 e. The van der Waals surface area contributed by atoms with Crippen molar-refractivity contribution >= 4 is 45.2 Å². The minimum atomic E-state index is -0.798. The van der Waals surface area contributed by atoms with Crippen LogP contribution in [0.5, 0.6) is 5.75 Å². The normalized spacial score (nSPS) is 11.5. The first-order valence-electron chi connectivity index (χ1n) is 10.2. The molecule has 178 valence electrons. The molecule has 3 rings (SSSR count). The summed E-state index contributed by atoms with van der Waals surface area (Å²) in [5.74, 6) is 0.520. The van der Waals surface area contributed by atoms with E-state index in [1.54, 1.807) is 54.2 Å². The Bertz CT molecular complexity index is 1140. The first-order valence-corrected chi connectivity index (χ1v) is 12.0. The number of benzene rings is 2. The van der Waals surface area contributed by atoms with Gasteiger partial charge in [-0.3, -0.25) is 9.59 Å². The second kappa shape index (κ2) is 12.4. The monoisotopic (exact) mass is 545 g/mol. The van der Waals surface area contributed by atoms with E-state index in [0.29, 0.717) is 34.5 Å². The van der Waals surface area contributed by atoms with E-state index in [9.17, 15) is 14.7 Å². The fourth-order valence-corrected chi connectivity index (χ4v) is 4.02. The topological polar surface area (TPSA) is 118 Å². The molecule has 0 saturated carbocycles. The lowest BCUT2D eigenvalue weighted by Gasteiger charge is -2.17. The molecule has 2 amide bonds. The summed E-state index contributed by atoms with van der Waals surface area (Å²) in [4.78, 5) is 25.0. The number of carbonyl (C=O) groups excluding carboxylic acids is 2. The lowest BCUT2D eigenvalue weighted by atomic mass is 10.2. The summed E-state index contributed by atoms with van der Waals surface area (Å²) in [7, 11) is 1.54. The van der Waals surface area contributed by atoms with Gasteiger partial charge in [-0.2, -0.15) is 0 Å². The maximum absolute atomic E-state index is 12.7. The van der Waals surface area contributed by atoms with Crippen LogP contribution in [0.3, 0.4) is 0 Å². The summed E-state index contributed by atoms with van der Waals surface area (Å²) in [6, 6.07) is 13.1. The van der Waals surface area contributed by atoms with Gasteiger partial charge in [0.2, 0.25) is 5.91 Å². The molecule has 1 aromatic heterocycles. The predicted molar refractivity (Wildman–Crippen MR) is 134 cm³/mol. The van der Waals surface area contributed by atoms with E-state index in [-0.39, 0.29) is 24.2 Å². The lowest BCUT2D eigenvalue weighted by Crippen LogP contribution is -2.33. The smallest absolute Gasteiger partial charge is 0.251 e. The number of carbonyl (C=O) groups is 2. The number of nitrogens with one attached hydrogen (secondary N) is 2. The Balaban J connectivity index is 1.69. The number of aliphatic hydroxyl groups is 1. The summed E-state index contributed by atoms with van der Waals surface area (Å²) < 4.78 is 7.74. The highest BCUT2D eigenvalue weighted by atomic mass is 79.9. The van der Waals surface area contributed by atoms with Crippen molar-refractivity contribution in [2.75, 3.05) is 24.8 Å². The van der Waals surface area contributed by atoms with Crippen LogP contribution < -0.4 is 15.4 Å². The summed E-state index contributed by atoms with van der Waals surface area (Å²) in [5.41, 5.74) is 1.09. The average molecular weight is 546 g/mol. The van der Waals surface area contributed by atoms with Crippen LogP contribution in [-0.2, 0) is 11.3 Å². The predicted octanol–water partition coefficient (Wildman–Crippen LogP) is 3.43. The molecule has 0 aliphatic heterocycles. The first-order chi connectivity index (χ1) is 16.4. The van der Waals surface area contributed by atoms with Crippen LogP contribution in [-0.4, -0.2) is 51.2 Å². The number of methoxy groups -OCH3 is 1. The Morgan fingerprint density at radius 1 is 1.21 bits per heavy atom. The fraction of sp³-hybridized carbons (Fsp3) is 0.217. The summed E-state index contributed by atoms with van der Waals surface area (Å²) in [5, 5.41) is 24.3. The van der Waals surface area contributed by atoms with Crippen LogP contribution in [0.4, 0.5) is 5.69 Å². The third-order valence-corrected chi connectivity index (χ3v) is 6.16. The maximum atomic E-state index is 12.7. The molecular formula is C23H24BrN5O4S. The second-order valence-electron chi connectivity index (χ2n) is 7.02. The number of aliphatic hydroxyl groups excluding tert-OH is 1. The van der Waals surface area contributed by atoms with Crippen molar-refractivity contribution in [1.82, 2.24) is 20.1 Å². The molecule has 3 aromatic rings. The van der Waals surface area contributed by atoms with E-state index < -0.39 is 6.04 Å². The first kappa shape index (κ1) is 25.5. The molecule has 11 heteroatoms. The van der Waals surface area contributed by atoms with E-state index >= 15 is 0 Å². The van der Waals surface area contributed by atoms with Gasteiger partial charge in [-0.1, -0.05) is 33.8 Å². The SMILES string of the molecule is C=CCn1c(SCC(=O)Nc2ccc(Br)cc2)nnc1[C@H](CO)NC(=O)c1ccc(OC)cc1. The van der Waals surface area contributed by atoms with Gasteiger partial charge in [-0.25, -0.2) is 0 Å². The molecule has 0 saturated heterocycles. The zero-order valence-corrected chi connectivity index (χ0v) is 20.8. The minimum absolute atomic E-state index is 0.105. The van der Waals surface area contributed by atoms with Crippen molar-refractivity contribution in [2.24, 2.45) is 0 Å². The standard InChI is InChI=1S/C23H24BrN5O4S/c1-3-12-29-21(19(13-30)26-22(32)15-4-10-18(33-2)11-5-15)27-28-23(29)34-14-20(31)25-17-8-6-16(24)7-9-17/h3-11,19,30H,1,12-14H2,2H3,(H,25,31)(H,26,32)/t19-/m0/s1. The van der Waals surface area contributed by atoms with Gasteiger partial charge in [-0.15, -0.1) is 16.8 Å². The number of ether oxygens (including phenoxy) is 1. The van der Waals surface area contributed by atoms with E-state index in [0.717, 1.165) is 4.47 Å². The number of hydrogen-bond acceptors (Lipinski definition) is 7. The van der Waals surface area contributed by atoms with Crippen molar-refractivity contribution in [3.8, 4) is 5.75 Å². The Labute approximate surface area is 209 Å². The van der Waals surface area contributed by atoms with Crippen LogP contribution in [0.25, 0.3) is 0 Å². The molecule has 2 aromatic carbocycles. The van der Waals surface area contributed by atoms with E-state index in [1.807, 2.05) is 12.1 Å². The minimum Gasteiger partial charge on any atom is -0.497 e. The molecule has 34 heavy (non-hydrogen) atoms. The number of nitrogens with zero attached hydrogens (tertiary/aromatic N) is 3. The van der Waals surface area contributed by atoms with E-state index in [2.05, 4.69) is 43.3 Å². The number of hydrogen-bond donors (Lipinski definition) is 3. The fourth-order valence-electron chi connectivity index (χ4n) is 3.00. The van der Waals surface area contributed by atoms with Gasteiger partial charge in [0.1, 0.15) is 11.8 Å². The molecule has 0 aliphatic rings. The van der Waals surface area contributed by atoms with Gasteiger partial charge in [0.25, 0.3) is 5.91 Å². The molecular weight excluding hydrogens is 522 g/mol. The van der Waals surface area contributed by atoms with Gasteiger partial charge < -0.3 is 25.0 Å². The van der Waals surface area contributed by atoms with Gasteiger partial charge in [0.05, 0.1) is 19.5 Å². The van der Waals surface area contributed by atoms with Gasteiger partial charge in [-0.05, 0) is 48.5 Å². The Hall–Kier alpha value is -3.15. The molecule has 9 nitrogen and oxygen atoms in total. The van der Waals surface area contributed by atoms with Gasteiger partial charge in [0, 0.05) is 22.3 Å². The van der Waals surface area contributed by atoms with Crippen LogP contribution in [0.15, 0.2) is 70.8 Å². The molecule has 0 bridgehead atoms. The molecule has 0 radical (unpaired) electrons. The second-order valence-corrected chi connectivity index (χ2v) is 8.88. The van der Waals surface area contributed by atoms with Gasteiger partial charge in [0.15, 0.2) is 11.0 Å². The van der Waals surface area contributed by atoms with E-state index in [4.69, 9.17) is 4.74 Å². The Morgan fingerprint density at radius 3 is 2.53 bits per heavy atom. The van der Waals surface area contributed by atoms with E-state index in [1.165, 1.54) is 11.8 Å². The third-order valence-electron chi connectivity index (χ3n) is 4.67. The molecule has 0 aliphatic carbocycles. The quantitative estimate of drug-likeness (QED) is 0.249. The highest BCUT2D eigenvalue weighted by Crippen LogP contribution is 2.22. The average Bonchev–Trinajstić information content (AvgIpc) is 3.25. The zero-order valence-electron chi connectivity index (χ0n) is 18.4. The van der Waals surface area contributed by atoms with Crippen molar-refractivity contribution in [2.45, 2.75) is 17.7 Å². The number of anilines is 1.